The van der Waals surface area contributed by atoms with Gasteiger partial charge in [0.1, 0.15) is 11.1 Å². The summed E-state index contributed by atoms with van der Waals surface area (Å²) >= 11 is 1.46. The van der Waals surface area contributed by atoms with Gasteiger partial charge in [0.15, 0.2) is 5.49 Å². The maximum atomic E-state index is 12.8. The molecule has 0 amide bonds. The third-order valence-electron chi connectivity index (χ3n) is 5.23. The fraction of sp³-hybridized carbons (Fsp3) is 0.154. The van der Waals surface area contributed by atoms with Gasteiger partial charge in [0.2, 0.25) is 0 Å². The molecule has 2 heterocycles. The van der Waals surface area contributed by atoms with Gasteiger partial charge in [0.25, 0.3) is 0 Å². The third kappa shape index (κ3) is 4.75. The van der Waals surface area contributed by atoms with E-state index < -0.39 is 0 Å². The lowest BCUT2D eigenvalue weighted by molar-refractivity contribution is 0.0527. The molecule has 34 heavy (non-hydrogen) atoms. The van der Waals surface area contributed by atoms with Gasteiger partial charge in [0.05, 0.1) is 29.1 Å². The Morgan fingerprint density at radius 1 is 1.18 bits per heavy atom. The molecule has 4 rings (SSSR count). The quantitative estimate of drug-likeness (QED) is 0.366. The van der Waals surface area contributed by atoms with Crippen LogP contribution in [0, 0.1) is 23.7 Å². The third-order valence-corrected chi connectivity index (χ3v) is 6.43. The molecule has 7 nitrogen and oxygen atoms in total. The molecule has 0 radical (unpaired) electrons. The van der Waals surface area contributed by atoms with Crippen LogP contribution in [0.1, 0.15) is 39.0 Å². The first kappa shape index (κ1) is 23.0. The second-order valence-electron chi connectivity index (χ2n) is 7.50. The number of rotatable bonds is 7. The van der Waals surface area contributed by atoms with E-state index in [-0.39, 0.29) is 23.6 Å². The van der Waals surface area contributed by atoms with Crippen molar-refractivity contribution in [1.29, 1.82) is 10.7 Å². The first-order valence-electron chi connectivity index (χ1n) is 10.8. The van der Waals surface area contributed by atoms with Crippen molar-refractivity contribution >= 4 is 28.0 Å². The molecule has 4 aromatic rings. The standard InChI is InChI=1S/C26H23N5O2S/c1-3-33-26(32)23-17(2)22(34-25(23)29-19-10-6-4-7-11-19)15-20-14-18(16-27)24(28)31(30-20)21-12-8-5-9-13-21/h4-14,28-29H,3,15H2,1-2H3. The molecule has 0 fully saturated rings. The molecule has 0 aliphatic rings. The molecule has 170 valence electrons. The van der Waals surface area contributed by atoms with E-state index in [9.17, 15) is 10.1 Å². The summed E-state index contributed by atoms with van der Waals surface area (Å²) in [5, 5.41) is 26.7. The highest BCUT2D eigenvalue weighted by atomic mass is 32.1. The zero-order valence-corrected chi connectivity index (χ0v) is 19.6. The van der Waals surface area contributed by atoms with Crippen LogP contribution in [0.4, 0.5) is 10.7 Å². The lowest BCUT2D eigenvalue weighted by atomic mass is 10.1. The average Bonchev–Trinajstić information content (AvgIpc) is 3.15. The van der Waals surface area contributed by atoms with Gasteiger partial charge in [-0.25, -0.2) is 9.48 Å². The molecule has 2 N–H and O–H groups in total. The van der Waals surface area contributed by atoms with Crippen LogP contribution in [0.25, 0.3) is 5.69 Å². The van der Waals surface area contributed by atoms with Crippen LogP contribution in [0.15, 0.2) is 66.7 Å². The van der Waals surface area contributed by atoms with Crippen LogP contribution in [0.3, 0.4) is 0 Å². The summed E-state index contributed by atoms with van der Waals surface area (Å²) in [4.78, 5) is 13.7. The largest absolute Gasteiger partial charge is 0.462 e. The van der Waals surface area contributed by atoms with Crippen LogP contribution >= 0.6 is 11.3 Å². The average molecular weight is 470 g/mol. The lowest BCUT2D eigenvalue weighted by Crippen LogP contribution is -2.25. The molecule has 8 heteroatoms. The van der Waals surface area contributed by atoms with Crippen LogP contribution in [-0.4, -0.2) is 22.4 Å². The zero-order chi connectivity index (χ0) is 24.1. The number of hydrogen-bond donors (Lipinski definition) is 2. The van der Waals surface area contributed by atoms with Crippen LogP contribution in [0.5, 0.6) is 0 Å². The maximum Gasteiger partial charge on any atom is 0.341 e. The number of esters is 1. The van der Waals surface area contributed by atoms with E-state index in [2.05, 4.69) is 16.5 Å². The molecule has 0 unspecified atom stereocenters. The summed E-state index contributed by atoms with van der Waals surface area (Å²) in [7, 11) is 0. The van der Waals surface area contributed by atoms with Crippen molar-refractivity contribution in [2.24, 2.45) is 0 Å². The minimum atomic E-state index is -0.382. The number of anilines is 2. The van der Waals surface area contributed by atoms with Crippen molar-refractivity contribution in [2.75, 3.05) is 11.9 Å². The molecule has 0 aliphatic heterocycles. The Labute approximate surface area is 201 Å². The monoisotopic (exact) mass is 469 g/mol. The van der Waals surface area contributed by atoms with Crippen LogP contribution in [-0.2, 0) is 11.2 Å². The predicted molar refractivity (Wildman–Crippen MR) is 132 cm³/mol. The Hall–Kier alpha value is -4.22. The number of nitrogens with zero attached hydrogens (tertiary/aromatic N) is 3. The van der Waals surface area contributed by atoms with Crippen molar-refractivity contribution < 1.29 is 9.53 Å². The number of carbonyl (C=O) groups excluding carboxylic acids is 1. The highest BCUT2D eigenvalue weighted by Crippen LogP contribution is 2.36. The molecule has 0 atom stereocenters. The molecule has 0 spiro atoms. The Bertz CT molecular complexity index is 1420. The van der Waals surface area contributed by atoms with Gasteiger partial charge in [-0.15, -0.1) is 11.3 Å². The SMILES string of the molecule is CCOC(=O)c1c(Nc2ccccc2)sc(Cc2cc(C#N)c(=N)n(-c3ccccc3)n2)c1C. The number of nitrogens with one attached hydrogen (secondary N) is 2. The summed E-state index contributed by atoms with van der Waals surface area (Å²) in [5.74, 6) is -0.382. The fourth-order valence-corrected chi connectivity index (χ4v) is 4.80. The van der Waals surface area contributed by atoms with Gasteiger partial charge in [-0.1, -0.05) is 36.4 Å². The van der Waals surface area contributed by atoms with Gasteiger partial charge in [-0.2, -0.15) is 10.4 Å². The Kier molecular flexibility index (Phi) is 6.85. The minimum absolute atomic E-state index is 0.0268. The second-order valence-corrected chi connectivity index (χ2v) is 8.60. The van der Waals surface area contributed by atoms with Gasteiger partial charge in [-0.05, 0) is 49.7 Å². The topological polar surface area (TPSA) is 104 Å². The van der Waals surface area contributed by atoms with Gasteiger partial charge < -0.3 is 10.1 Å². The fourth-order valence-electron chi connectivity index (χ4n) is 3.57. The molecule has 0 saturated heterocycles. The number of aromatic nitrogens is 2. The van der Waals surface area contributed by atoms with Gasteiger partial charge in [-0.3, -0.25) is 5.41 Å². The van der Waals surface area contributed by atoms with E-state index in [0.29, 0.717) is 28.4 Å². The molecule has 0 aliphatic carbocycles. The van der Waals surface area contributed by atoms with Crippen molar-refractivity contribution in [1.82, 2.24) is 9.78 Å². The van der Waals surface area contributed by atoms with E-state index in [1.807, 2.05) is 67.6 Å². The normalized spacial score (nSPS) is 10.5. The molecule has 0 bridgehead atoms. The number of benzene rings is 2. The predicted octanol–water partition coefficient (Wildman–Crippen LogP) is 5.10. The van der Waals surface area contributed by atoms with Crippen LogP contribution < -0.4 is 10.8 Å². The highest BCUT2D eigenvalue weighted by Gasteiger charge is 2.23. The Morgan fingerprint density at radius 2 is 1.85 bits per heavy atom. The maximum absolute atomic E-state index is 12.8. The molecule has 0 saturated carbocycles. The van der Waals surface area contributed by atoms with Crippen molar-refractivity contribution in [3.63, 3.8) is 0 Å². The van der Waals surface area contributed by atoms with Crippen LogP contribution in [0.2, 0.25) is 0 Å². The van der Waals surface area contributed by atoms with E-state index in [1.165, 1.54) is 16.0 Å². The summed E-state index contributed by atoms with van der Waals surface area (Å²) in [6, 6.07) is 22.7. The number of hydrogen-bond acceptors (Lipinski definition) is 7. The minimum Gasteiger partial charge on any atom is -0.462 e. The number of carbonyl (C=O) groups is 1. The van der Waals surface area contributed by atoms with E-state index in [1.54, 1.807) is 13.0 Å². The van der Waals surface area contributed by atoms with Gasteiger partial charge in [0, 0.05) is 17.0 Å². The van der Waals surface area contributed by atoms with Gasteiger partial charge >= 0.3 is 5.97 Å². The van der Waals surface area contributed by atoms with Crippen molar-refractivity contribution in [2.45, 2.75) is 20.3 Å². The van der Waals surface area contributed by atoms with Crippen molar-refractivity contribution in [3.05, 3.63) is 99.5 Å². The highest BCUT2D eigenvalue weighted by molar-refractivity contribution is 7.16. The van der Waals surface area contributed by atoms with E-state index in [4.69, 9.17) is 10.1 Å². The first-order chi connectivity index (χ1) is 16.5. The number of para-hydroxylation sites is 2. The Morgan fingerprint density at radius 3 is 2.50 bits per heavy atom. The Balaban J connectivity index is 1.77. The number of thiophene rings is 1. The lowest BCUT2D eigenvalue weighted by Gasteiger charge is -2.09. The molecule has 2 aromatic heterocycles. The number of ether oxygens (including phenoxy) is 1. The molecular weight excluding hydrogens is 446 g/mol. The first-order valence-corrected chi connectivity index (χ1v) is 11.6. The van der Waals surface area contributed by atoms with E-state index in [0.717, 1.165) is 16.1 Å². The summed E-state index contributed by atoms with van der Waals surface area (Å²) < 4.78 is 6.78. The molecular formula is C26H23N5O2S. The second kappa shape index (κ2) is 10.1. The number of nitriles is 1. The summed E-state index contributed by atoms with van der Waals surface area (Å²) in [6.07, 6.45) is 0.404. The summed E-state index contributed by atoms with van der Waals surface area (Å²) in [5.41, 5.74) is 3.76. The molecule has 2 aromatic carbocycles. The van der Waals surface area contributed by atoms with E-state index >= 15 is 0 Å². The smallest absolute Gasteiger partial charge is 0.341 e. The van der Waals surface area contributed by atoms with Crippen molar-refractivity contribution in [3.8, 4) is 11.8 Å². The summed E-state index contributed by atoms with van der Waals surface area (Å²) in [6.45, 7) is 3.95. The zero-order valence-electron chi connectivity index (χ0n) is 18.8.